The summed E-state index contributed by atoms with van der Waals surface area (Å²) in [4.78, 5) is 0. The highest BCUT2D eigenvalue weighted by molar-refractivity contribution is 5.58. The van der Waals surface area contributed by atoms with E-state index in [-0.39, 0.29) is 11.8 Å². The molecule has 3 saturated carbocycles. The maximum absolute atomic E-state index is 4.64. The van der Waals surface area contributed by atoms with E-state index < -0.39 is 0 Å². The zero-order chi connectivity index (χ0) is 22.0. The van der Waals surface area contributed by atoms with Crippen LogP contribution >= 0.6 is 0 Å². The SMILES string of the molecule is C=C(CCCC)C(=C)C1C(=C)C(=C)C(C2C(=CCCC)C(=C)C3CCCCC32)C1=C. The lowest BCUT2D eigenvalue weighted by atomic mass is 9.70. The van der Waals surface area contributed by atoms with Crippen molar-refractivity contribution in [3.63, 3.8) is 0 Å². The first-order chi connectivity index (χ1) is 14.3. The second-order valence-corrected chi connectivity index (χ2v) is 9.82. The van der Waals surface area contributed by atoms with Crippen molar-refractivity contribution in [3.8, 4) is 0 Å². The Morgan fingerprint density at radius 1 is 0.933 bits per heavy atom. The molecule has 162 valence electrons. The molecule has 0 aromatic carbocycles. The largest absolute Gasteiger partial charge is 0.0983 e. The zero-order valence-corrected chi connectivity index (χ0v) is 19.6. The van der Waals surface area contributed by atoms with Gasteiger partial charge in [-0.1, -0.05) is 96.2 Å². The molecule has 3 fully saturated rings. The molecule has 0 radical (unpaired) electrons. The van der Waals surface area contributed by atoms with Gasteiger partial charge in [0.15, 0.2) is 0 Å². The van der Waals surface area contributed by atoms with Gasteiger partial charge in [-0.25, -0.2) is 0 Å². The molecule has 3 aliphatic rings. The minimum Gasteiger partial charge on any atom is -0.0983 e. The maximum Gasteiger partial charge on any atom is 0.0296 e. The Kier molecular flexibility index (Phi) is 7.27. The van der Waals surface area contributed by atoms with Crippen molar-refractivity contribution in [1.29, 1.82) is 0 Å². The molecule has 0 spiro atoms. The van der Waals surface area contributed by atoms with Gasteiger partial charge < -0.3 is 0 Å². The van der Waals surface area contributed by atoms with Gasteiger partial charge in [0.05, 0.1) is 0 Å². The van der Waals surface area contributed by atoms with E-state index in [1.807, 2.05) is 0 Å². The molecule has 0 aromatic heterocycles. The lowest BCUT2D eigenvalue weighted by Gasteiger charge is -2.33. The smallest absolute Gasteiger partial charge is 0.0296 e. The number of hydrogen-bond donors (Lipinski definition) is 0. The van der Waals surface area contributed by atoms with Crippen LogP contribution in [0.2, 0.25) is 0 Å². The molecule has 3 rings (SSSR count). The quantitative estimate of drug-likeness (QED) is 0.281. The fraction of sp³-hybridized carbons (Fsp3) is 0.533. The van der Waals surface area contributed by atoms with Gasteiger partial charge in [0, 0.05) is 11.8 Å². The number of allylic oxidation sites excluding steroid dienone is 8. The molecule has 0 nitrogen and oxygen atoms in total. The van der Waals surface area contributed by atoms with Gasteiger partial charge >= 0.3 is 0 Å². The molecule has 5 atom stereocenters. The fourth-order valence-electron chi connectivity index (χ4n) is 6.32. The first kappa shape index (κ1) is 22.9. The Morgan fingerprint density at radius 3 is 2.30 bits per heavy atom. The van der Waals surface area contributed by atoms with Crippen LogP contribution in [0.25, 0.3) is 0 Å². The standard InChI is InChI=1S/C30H42/c1-9-11-15-19(3)20(4)28-21(5)22(6)29(24(28)8)30-26(16-12-10-2)23(7)25-17-13-14-18-27(25)30/h16,25,27-30H,3-15,17-18H2,1-2H3. The Morgan fingerprint density at radius 2 is 1.63 bits per heavy atom. The predicted octanol–water partition coefficient (Wildman–Crippen LogP) is 8.92. The molecule has 3 aliphatic carbocycles. The maximum atomic E-state index is 4.64. The normalized spacial score (nSPS) is 32.7. The van der Waals surface area contributed by atoms with Crippen molar-refractivity contribution < 1.29 is 0 Å². The van der Waals surface area contributed by atoms with Gasteiger partial charge in [-0.15, -0.1) is 0 Å². The fourth-order valence-corrected chi connectivity index (χ4v) is 6.32. The minimum atomic E-state index is 0.107. The Hall–Kier alpha value is -1.82. The molecule has 0 N–H and O–H groups in total. The molecular weight excluding hydrogens is 360 g/mol. The summed E-state index contributed by atoms with van der Waals surface area (Å²) in [7, 11) is 0. The molecule has 0 heteroatoms. The third kappa shape index (κ3) is 3.91. The van der Waals surface area contributed by atoms with E-state index in [4.69, 9.17) is 0 Å². The van der Waals surface area contributed by atoms with Crippen molar-refractivity contribution in [1.82, 2.24) is 0 Å². The van der Waals surface area contributed by atoms with Gasteiger partial charge in [-0.3, -0.25) is 0 Å². The van der Waals surface area contributed by atoms with E-state index in [1.54, 1.807) is 0 Å². The summed E-state index contributed by atoms with van der Waals surface area (Å²) in [6.07, 6.45) is 13.4. The average Bonchev–Trinajstić information content (AvgIpc) is 3.14. The number of rotatable bonds is 8. The summed E-state index contributed by atoms with van der Waals surface area (Å²) in [5, 5.41) is 0. The topological polar surface area (TPSA) is 0 Å². The van der Waals surface area contributed by atoms with Crippen LogP contribution in [-0.2, 0) is 0 Å². The van der Waals surface area contributed by atoms with Gasteiger partial charge in [-0.05, 0) is 77.7 Å². The zero-order valence-electron chi connectivity index (χ0n) is 19.6. The van der Waals surface area contributed by atoms with E-state index in [0.29, 0.717) is 17.8 Å². The summed E-state index contributed by atoms with van der Waals surface area (Å²) in [6.45, 7) is 31.6. The van der Waals surface area contributed by atoms with Crippen LogP contribution in [0.1, 0.15) is 71.6 Å². The van der Waals surface area contributed by atoms with Gasteiger partial charge in [0.2, 0.25) is 0 Å². The molecule has 0 aliphatic heterocycles. The van der Waals surface area contributed by atoms with Crippen LogP contribution < -0.4 is 0 Å². The summed E-state index contributed by atoms with van der Waals surface area (Å²) < 4.78 is 0. The van der Waals surface area contributed by atoms with E-state index in [2.05, 4.69) is 59.4 Å². The second-order valence-electron chi connectivity index (χ2n) is 9.82. The summed E-state index contributed by atoms with van der Waals surface area (Å²) in [5.74, 6) is 2.16. The van der Waals surface area contributed by atoms with E-state index in [9.17, 15) is 0 Å². The van der Waals surface area contributed by atoms with Crippen molar-refractivity contribution >= 4 is 0 Å². The van der Waals surface area contributed by atoms with Crippen molar-refractivity contribution in [3.05, 3.63) is 84.6 Å². The summed E-state index contributed by atoms with van der Waals surface area (Å²) in [5.41, 5.74) is 8.72. The highest BCUT2D eigenvalue weighted by Gasteiger charge is 2.51. The van der Waals surface area contributed by atoms with Crippen molar-refractivity contribution in [2.45, 2.75) is 71.6 Å². The Labute approximate surface area is 185 Å². The average molecular weight is 403 g/mol. The van der Waals surface area contributed by atoms with Gasteiger partial charge in [-0.2, -0.15) is 0 Å². The van der Waals surface area contributed by atoms with E-state index >= 15 is 0 Å². The van der Waals surface area contributed by atoms with Crippen molar-refractivity contribution in [2.75, 3.05) is 0 Å². The second kappa shape index (κ2) is 9.54. The number of hydrogen-bond acceptors (Lipinski definition) is 0. The molecule has 0 saturated heterocycles. The number of unbranched alkanes of at least 4 members (excludes halogenated alkanes) is 2. The van der Waals surface area contributed by atoms with Crippen molar-refractivity contribution in [2.24, 2.45) is 29.6 Å². The molecule has 30 heavy (non-hydrogen) atoms. The molecule has 0 bridgehead atoms. The Balaban J connectivity index is 1.94. The summed E-state index contributed by atoms with van der Waals surface area (Å²) in [6, 6.07) is 0. The highest BCUT2D eigenvalue weighted by atomic mass is 14.5. The molecule has 0 heterocycles. The lowest BCUT2D eigenvalue weighted by molar-refractivity contribution is 0.227. The first-order valence-corrected chi connectivity index (χ1v) is 12.2. The highest BCUT2D eigenvalue weighted by Crippen LogP contribution is 2.61. The lowest BCUT2D eigenvalue weighted by Crippen LogP contribution is -2.26. The molecular formula is C30H42. The number of fused-ring (bicyclic) bond motifs is 1. The van der Waals surface area contributed by atoms with Crippen LogP contribution in [0.15, 0.2) is 84.6 Å². The van der Waals surface area contributed by atoms with Crippen LogP contribution in [0.4, 0.5) is 0 Å². The molecule has 5 unspecified atom stereocenters. The Bertz CT molecular complexity index is 798. The minimum absolute atomic E-state index is 0.107. The van der Waals surface area contributed by atoms with Crippen LogP contribution in [0.3, 0.4) is 0 Å². The van der Waals surface area contributed by atoms with Crippen LogP contribution in [0.5, 0.6) is 0 Å². The third-order valence-electron chi connectivity index (χ3n) is 8.01. The predicted molar refractivity (Wildman–Crippen MR) is 133 cm³/mol. The van der Waals surface area contributed by atoms with Crippen LogP contribution in [0, 0.1) is 29.6 Å². The first-order valence-electron chi connectivity index (χ1n) is 12.2. The van der Waals surface area contributed by atoms with Gasteiger partial charge in [0.1, 0.15) is 0 Å². The third-order valence-corrected chi connectivity index (χ3v) is 8.01. The monoisotopic (exact) mass is 402 g/mol. The summed E-state index contributed by atoms with van der Waals surface area (Å²) >= 11 is 0. The van der Waals surface area contributed by atoms with Crippen LogP contribution in [-0.4, -0.2) is 0 Å². The molecule has 0 amide bonds. The van der Waals surface area contributed by atoms with E-state index in [1.165, 1.54) is 60.8 Å². The molecule has 0 aromatic rings. The van der Waals surface area contributed by atoms with E-state index in [0.717, 1.165) is 36.0 Å². The van der Waals surface area contributed by atoms with Gasteiger partial charge in [0.25, 0.3) is 0 Å².